The predicted octanol–water partition coefficient (Wildman–Crippen LogP) is 0.922. The van der Waals surface area contributed by atoms with Crippen LogP contribution in [0.4, 0.5) is 13.2 Å². The molecule has 7 nitrogen and oxygen atoms in total. The standard InChI is InChI=1S/C12H13F3N4O3/c1-7-4-18(5-10(20)16-6-12(13,14)15)11(21)19(7)9-3-8(2)22-17-9/h3-4H,5-6H2,1-2H3,(H,16,20). The van der Waals surface area contributed by atoms with Gasteiger partial charge in [0.1, 0.15) is 18.8 Å². The van der Waals surface area contributed by atoms with Gasteiger partial charge < -0.3 is 9.84 Å². The summed E-state index contributed by atoms with van der Waals surface area (Å²) in [5.74, 6) is -0.167. The molecule has 22 heavy (non-hydrogen) atoms. The normalized spacial score (nSPS) is 11.7. The smallest absolute Gasteiger partial charge is 0.360 e. The lowest BCUT2D eigenvalue weighted by atomic mass is 10.4. The Bertz CT molecular complexity index is 742. The zero-order chi connectivity index (χ0) is 16.5. The Hall–Kier alpha value is -2.52. The van der Waals surface area contributed by atoms with Gasteiger partial charge in [0.25, 0.3) is 0 Å². The van der Waals surface area contributed by atoms with E-state index in [0.29, 0.717) is 11.5 Å². The second kappa shape index (κ2) is 5.70. The molecule has 1 N–H and O–H groups in total. The molecule has 2 aromatic heterocycles. The van der Waals surface area contributed by atoms with Crippen LogP contribution in [0.15, 0.2) is 21.6 Å². The number of imidazole rings is 1. The van der Waals surface area contributed by atoms with Gasteiger partial charge in [0.15, 0.2) is 5.82 Å². The number of amides is 1. The maximum absolute atomic E-state index is 12.2. The first kappa shape index (κ1) is 15.9. The highest BCUT2D eigenvalue weighted by atomic mass is 19.4. The van der Waals surface area contributed by atoms with Crippen molar-refractivity contribution in [3.63, 3.8) is 0 Å². The number of rotatable bonds is 4. The predicted molar refractivity (Wildman–Crippen MR) is 68.6 cm³/mol. The van der Waals surface area contributed by atoms with Crippen LogP contribution in [0.5, 0.6) is 0 Å². The number of aromatic nitrogens is 3. The van der Waals surface area contributed by atoms with E-state index in [2.05, 4.69) is 5.16 Å². The van der Waals surface area contributed by atoms with Crippen molar-refractivity contribution in [1.29, 1.82) is 0 Å². The van der Waals surface area contributed by atoms with E-state index in [9.17, 15) is 22.8 Å². The number of hydrogen-bond donors (Lipinski definition) is 1. The van der Waals surface area contributed by atoms with Gasteiger partial charge in [-0.3, -0.25) is 9.36 Å². The maximum Gasteiger partial charge on any atom is 0.405 e. The fourth-order valence-electron chi connectivity index (χ4n) is 1.88. The molecule has 120 valence electrons. The number of aryl methyl sites for hydroxylation is 2. The average molecular weight is 318 g/mol. The van der Waals surface area contributed by atoms with Crippen LogP contribution in [0, 0.1) is 13.8 Å². The molecule has 2 rings (SSSR count). The van der Waals surface area contributed by atoms with Crippen LogP contribution in [0.2, 0.25) is 0 Å². The molecule has 0 bridgehead atoms. The first-order valence-electron chi connectivity index (χ1n) is 6.23. The lowest BCUT2D eigenvalue weighted by Crippen LogP contribution is -2.37. The number of carbonyl (C=O) groups excluding carboxylic acids is 1. The highest BCUT2D eigenvalue weighted by Gasteiger charge is 2.27. The van der Waals surface area contributed by atoms with Gasteiger partial charge in [-0.05, 0) is 13.8 Å². The van der Waals surface area contributed by atoms with Gasteiger partial charge in [-0.15, -0.1) is 0 Å². The summed E-state index contributed by atoms with van der Waals surface area (Å²) >= 11 is 0. The Morgan fingerprint density at radius 3 is 2.64 bits per heavy atom. The zero-order valence-corrected chi connectivity index (χ0v) is 11.8. The Labute approximate surface area is 122 Å². The molecule has 0 aliphatic carbocycles. The van der Waals surface area contributed by atoms with Crippen LogP contribution in [0.25, 0.3) is 5.82 Å². The molecule has 0 spiro atoms. The zero-order valence-electron chi connectivity index (χ0n) is 11.8. The summed E-state index contributed by atoms with van der Waals surface area (Å²) in [7, 11) is 0. The molecule has 2 aromatic rings. The Morgan fingerprint density at radius 2 is 2.09 bits per heavy atom. The second-order valence-electron chi connectivity index (χ2n) is 4.70. The molecule has 0 fully saturated rings. The van der Waals surface area contributed by atoms with Gasteiger partial charge in [0.2, 0.25) is 5.91 Å². The Balaban J connectivity index is 2.17. The number of hydrogen-bond acceptors (Lipinski definition) is 4. The molecule has 0 atom stereocenters. The van der Waals surface area contributed by atoms with E-state index in [1.54, 1.807) is 19.2 Å². The molecular weight excluding hydrogens is 305 g/mol. The Kier molecular flexibility index (Phi) is 4.11. The fraction of sp³-hybridized carbons (Fsp3) is 0.417. The van der Waals surface area contributed by atoms with Crippen LogP contribution in [-0.2, 0) is 11.3 Å². The third-order valence-corrected chi connectivity index (χ3v) is 2.78. The minimum Gasteiger partial charge on any atom is -0.360 e. The van der Waals surface area contributed by atoms with Crippen molar-refractivity contribution in [2.24, 2.45) is 0 Å². The topological polar surface area (TPSA) is 82.1 Å². The quantitative estimate of drug-likeness (QED) is 0.909. The fourth-order valence-corrected chi connectivity index (χ4v) is 1.88. The minimum atomic E-state index is -4.50. The van der Waals surface area contributed by atoms with Gasteiger partial charge in [-0.25, -0.2) is 9.36 Å². The van der Waals surface area contributed by atoms with E-state index in [1.807, 2.05) is 0 Å². The van der Waals surface area contributed by atoms with Crippen LogP contribution >= 0.6 is 0 Å². The van der Waals surface area contributed by atoms with Crippen molar-refractivity contribution in [3.8, 4) is 5.82 Å². The third kappa shape index (κ3) is 3.57. The molecule has 0 aliphatic rings. The van der Waals surface area contributed by atoms with Gasteiger partial charge in [0.05, 0.1) is 0 Å². The molecule has 0 aromatic carbocycles. The highest BCUT2D eigenvalue weighted by molar-refractivity contribution is 5.75. The minimum absolute atomic E-state index is 0.245. The van der Waals surface area contributed by atoms with Crippen LogP contribution in [0.3, 0.4) is 0 Å². The molecule has 0 aliphatic heterocycles. The summed E-state index contributed by atoms with van der Waals surface area (Å²) < 4.78 is 43.1. The lowest BCUT2D eigenvalue weighted by Gasteiger charge is -2.08. The molecule has 1 amide bonds. The molecule has 0 radical (unpaired) electrons. The monoisotopic (exact) mass is 318 g/mol. The van der Waals surface area contributed by atoms with E-state index in [-0.39, 0.29) is 5.82 Å². The summed E-state index contributed by atoms with van der Waals surface area (Å²) in [6.45, 7) is 1.30. The van der Waals surface area contributed by atoms with E-state index < -0.39 is 30.9 Å². The van der Waals surface area contributed by atoms with Crippen molar-refractivity contribution in [1.82, 2.24) is 19.6 Å². The van der Waals surface area contributed by atoms with Gasteiger partial charge in [-0.1, -0.05) is 5.16 Å². The summed E-state index contributed by atoms with van der Waals surface area (Å²) in [4.78, 5) is 23.6. The average Bonchev–Trinajstić information content (AvgIpc) is 2.91. The summed E-state index contributed by atoms with van der Waals surface area (Å²) in [6, 6.07) is 1.53. The Morgan fingerprint density at radius 1 is 1.41 bits per heavy atom. The molecule has 0 unspecified atom stereocenters. The van der Waals surface area contributed by atoms with Gasteiger partial charge >= 0.3 is 11.9 Å². The molecule has 0 saturated carbocycles. The maximum atomic E-state index is 12.2. The molecular formula is C12H13F3N4O3. The van der Waals surface area contributed by atoms with Crippen LogP contribution in [-0.4, -0.2) is 32.9 Å². The summed E-state index contributed by atoms with van der Waals surface area (Å²) in [5, 5.41) is 5.40. The number of carbonyl (C=O) groups is 1. The van der Waals surface area contributed by atoms with Crippen molar-refractivity contribution in [2.45, 2.75) is 26.6 Å². The van der Waals surface area contributed by atoms with E-state index in [4.69, 9.17) is 4.52 Å². The summed E-state index contributed by atoms with van der Waals surface area (Å²) in [6.07, 6.45) is -3.14. The van der Waals surface area contributed by atoms with Gasteiger partial charge in [0, 0.05) is 18.0 Å². The third-order valence-electron chi connectivity index (χ3n) is 2.78. The SMILES string of the molecule is Cc1cc(-n2c(C)cn(CC(=O)NCC(F)(F)F)c2=O)no1. The lowest BCUT2D eigenvalue weighted by molar-refractivity contribution is -0.138. The number of nitrogens with one attached hydrogen (secondary N) is 1. The van der Waals surface area contributed by atoms with Crippen molar-refractivity contribution < 1.29 is 22.5 Å². The van der Waals surface area contributed by atoms with Crippen molar-refractivity contribution >= 4 is 5.91 Å². The number of alkyl halides is 3. The van der Waals surface area contributed by atoms with E-state index in [1.165, 1.54) is 16.8 Å². The number of halogens is 3. The second-order valence-corrected chi connectivity index (χ2v) is 4.70. The van der Waals surface area contributed by atoms with E-state index >= 15 is 0 Å². The first-order valence-corrected chi connectivity index (χ1v) is 6.23. The summed E-state index contributed by atoms with van der Waals surface area (Å²) in [5.41, 5.74) is -0.116. The first-order chi connectivity index (χ1) is 10.2. The van der Waals surface area contributed by atoms with Crippen molar-refractivity contribution in [2.75, 3.05) is 6.54 Å². The van der Waals surface area contributed by atoms with Crippen molar-refractivity contribution in [3.05, 3.63) is 34.2 Å². The largest absolute Gasteiger partial charge is 0.405 e. The van der Waals surface area contributed by atoms with Gasteiger partial charge in [-0.2, -0.15) is 13.2 Å². The van der Waals surface area contributed by atoms with E-state index in [0.717, 1.165) is 4.57 Å². The van der Waals surface area contributed by atoms with Crippen LogP contribution in [0.1, 0.15) is 11.5 Å². The molecule has 10 heteroatoms. The highest BCUT2D eigenvalue weighted by Crippen LogP contribution is 2.12. The number of nitrogens with zero attached hydrogens (tertiary/aromatic N) is 3. The molecule has 2 heterocycles. The molecule has 0 saturated heterocycles. The van der Waals surface area contributed by atoms with Crippen LogP contribution < -0.4 is 11.0 Å².